The normalized spacial score (nSPS) is 24.1. The quantitative estimate of drug-likeness (QED) is 0.336. The molecule has 1 spiro atoms. The molecular weight excluding hydrogens is 540 g/mol. The maximum atomic E-state index is 14.0. The van der Waals surface area contributed by atoms with Gasteiger partial charge in [0.05, 0.1) is 23.7 Å². The number of hydrogen-bond donors (Lipinski definition) is 3. The van der Waals surface area contributed by atoms with Gasteiger partial charge in [-0.05, 0) is 60.8 Å². The number of likely N-dealkylation sites (tertiary alicyclic amines) is 1. The Kier molecular flexibility index (Phi) is 8.93. The van der Waals surface area contributed by atoms with Gasteiger partial charge in [0.15, 0.2) is 0 Å². The standard InChI is InChI=1S/C36H42N2O5/c39-30(24-38-29(20-26-11-5-2-6-12-26)23-36(35(38)42)15-17-43-18-16-36)21-28(19-25-9-3-1-4-10-25)34(41)37-33-31-14-8-7-13-27(31)22-32(33)40/h1-14,28-30,32-33,39-40H,15-24H2,(H,37,41)/t28-,29+,30+,32-,33+/m1/s1. The zero-order valence-corrected chi connectivity index (χ0v) is 24.6. The van der Waals surface area contributed by atoms with E-state index in [9.17, 15) is 19.8 Å². The van der Waals surface area contributed by atoms with Crippen molar-refractivity contribution in [2.45, 2.75) is 69.2 Å². The van der Waals surface area contributed by atoms with Crippen molar-refractivity contribution in [1.29, 1.82) is 0 Å². The van der Waals surface area contributed by atoms with Crippen LogP contribution in [0.5, 0.6) is 0 Å². The number of rotatable bonds is 10. The van der Waals surface area contributed by atoms with Crippen LogP contribution < -0.4 is 5.32 Å². The minimum Gasteiger partial charge on any atom is -0.391 e. The van der Waals surface area contributed by atoms with Crippen LogP contribution >= 0.6 is 0 Å². The number of ether oxygens (including phenoxy) is 1. The second kappa shape index (κ2) is 13.0. The van der Waals surface area contributed by atoms with Gasteiger partial charge in [-0.3, -0.25) is 9.59 Å². The Bertz CT molecular complexity index is 1390. The lowest BCUT2D eigenvalue weighted by molar-refractivity contribution is -0.142. The Morgan fingerprint density at radius 3 is 2.33 bits per heavy atom. The van der Waals surface area contributed by atoms with E-state index in [0.717, 1.165) is 29.5 Å². The summed E-state index contributed by atoms with van der Waals surface area (Å²) in [6.07, 6.45) is 2.48. The van der Waals surface area contributed by atoms with Crippen molar-refractivity contribution >= 4 is 11.8 Å². The van der Waals surface area contributed by atoms with Crippen LogP contribution in [0.3, 0.4) is 0 Å². The van der Waals surface area contributed by atoms with Gasteiger partial charge in [0, 0.05) is 38.1 Å². The summed E-state index contributed by atoms with van der Waals surface area (Å²) in [6, 6.07) is 27.3. The summed E-state index contributed by atoms with van der Waals surface area (Å²) < 4.78 is 5.61. The Morgan fingerprint density at radius 2 is 1.60 bits per heavy atom. The number of nitrogens with one attached hydrogen (secondary N) is 1. The minimum atomic E-state index is -0.877. The Balaban J connectivity index is 1.19. The first-order valence-corrected chi connectivity index (χ1v) is 15.6. The average molecular weight is 583 g/mol. The van der Waals surface area contributed by atoms with Crippen LogP contribution in [0.15, 0.2) is 84.9 Å². The summed E-state index contributed by atoms with van der Waals surface area (Å²) in [7, 11) is 0. The molecule has 0 radical (unpaired) electrons. The average Bonchev–Trinajstić information content (AvgIpc) is 3.46. The fraction of sp³-hybridized carbons (Fsp3) is 0.444. The highest BCUT2D eigenvalue weighted by Gasteiger charge is 2.52. The number of nitrogens with zero attached hydrogens (tertiary/aromatic N) is 1. The second-order valence-electron chi connectivity index (χ2n) is 12.6. The first-order chi connectivity index (χ1) is 20.9. The predicted molar refractivity (Wildman–Crippen MR) is 164 cm³/mol. The van der Waals surface area contributed by atoms with Crippen molar-refractivity contribution in [2.75, 3.05) is 19.8 Å². The number of amides is 2. The third-order valence-electron chi connectivity index (χ3n) is 9.71. The summed E-state index contributed by atoms with van der Waals surface area (Å²) in [5.41, 5.74) is 3.71. The molecule has 3 aliphatic rings. The number of carbonyl (C=O) groups excluding carboxylic acids is 2. The lowest BCUT2D eigenvalue weighted by atomic mass is 9.77. The number of hydrogen-bond acceptors (Lipinski definition) is 5. The highest BCUT2D eigenvalue weighted by Crippen LogP contribution is 2.45. The molecule has 1 aliphatic carbocycles. The Labute approximate surface area is 253 Å². The monoisotopic (exact) mass is 582 g/mol. The van der Waals surface area contributed by atoms with Gasteiger partial charge in [-0.25, -0.2) is 0 Å². The van der Waals surface area contributed by atoms with Gasteiger partial charge in [0.25, 0.3) is 0 Å². The van der Waals surface area contributed by atoms with Crippen LogP contribution in [-0.4, -0.2) is 64.9 Å². The fourth-order valence-corrected chi connectivity index (χ4v) is 7.43. The van der Waals surface area contributed by atoms with E-state index in [4.69, 9.17) is 4.74 Å². The number of aliphatic hydroxyl groups excluding tert-OH is 2. The molecule has 3 aromatic rings. The molecular formula is C36H42N2O5. The fourth-order valence-electron chi connectivity index (χ4n) is 7.43. The molecule has 2 heterocycles. The molecule has 2 saturated heterocycles. The van der Waals surface area contributed by atoms with E-state index in [0.29, 0.717) is 38.9 Å². The molecule has 2 aliphatic heterocycles. The highest BCUT2D eigenvalue weighted by atomic mass is 16.5. The van der Waals surface area contributed by atoms with Crippen molar-refractivity contribution in [3.05, 3.63) is 107 Å². The van der Waals surface area contributed by atoms with Gasteiger partial charge in [0.1, 0.15) is 0 Å². The van der Waals surface area contributed by atoms with Gasteiger partial charge in [-0.15, -0.1) is 0 Å². The highest BCUT2D eigenvalue weighted by molar-refractivity contribution is 5.85. The van der Waals surface area contributed by atoms with Gasteiger partial charge in [-0.2, -0.15) is 0 Å². The van der Waals surface area contributed by atoms with Crippen molar-refractivity contribution in [1.82, 2.24) is 10.2 Å². The molecule has 0 saturated carbocycles. The first-order valence-electron chi connectivity index (χ1n) is 15.6. The van der Waals surface area contributed by atoms with Gasteiger partial charge in [0.2, 0.25) is 11.8 Å². The number of aliphatic hydroxyl groups is 2. The van der Waals surface area contributed by atoms with Crippen molar-refractivity contribution < 1.29 is 24.5 Å². The summed E-state index contributed by atoms with van der Waals surface area (Å²) in [5, 5.41) is 25.4. The smallest absolute Gasteiger partial charge is 0.229 e. The molecule has 2 amide bonds. The molecule has 226 valence electrons. The van der Waals surface area contributed by atoms with Crippen LogP contribution in [0, 0.1) is 11.3 Å². The molecule has 7 nitrogen and oxygen atoms in total. The van der Waals surface area contributed by atoms with E-state index >= 15 is 0 Å². The maximum Gasteiger partial charge on any atom is 0.229 e. The van der Waals surface area contributed by atoms with Gasteiger partial charge < -0.3 is 25.2 Å². The third kappa shape index (κ3) is 6.54. The van der Waals surface area contributed by atoms with E-state index in [1.165, 1.54) is 5.56 Å². The lowest BCUT2D eigenvalue weighted by Gasteiger charge is -2.32. The van der Waals surface area contributed by atoms with Crippen molar-refractivity contribution in [3.63, 3.8) is 0 Å². The number of fused-ring (bicyclic) bond motifs is 1. The van der Waals surface area contributed by atoms with E-state index in [-0.39, 0.29) is 30.8 Å². The van der Waals surface area contributed by atoms with Crippen LogP contribution in [-0.2, 0) is 33.6 Å². The van der Waals surface area contributed by atoms with Crippen molar-refractivity contribution in [2.24, 2.45) is 11.3 Å². The molecule has 43 heavy (non-hydrogen) atoms. The minimum absolute atomic E-state index is 0.0193. The second-order valence-corrected chi connectivity index (χ2v) is 12.6. The number of benzene rings is 3. The van der Waals surface area contributed by atoms with Crippen LogP contribution in [0.25, 0.3) is 0 Å². The first kappa shape index (κ1) is 29.5. The van der Waals surface area contributed by atoms with E-state index in [2.05, 4.69) is 17.4 Å². The molecule has 7 heteroatoms. The Hall–Kier alpha value is -3.52. The maximum absolute atomic E-state index is 14.0. The summed E-state index contributed by atoms with van der Waals surface area (Å²) in [4.78, 5) is 29.7. The lowest BCUT2D eigenvalue weighted by Crippen LogP contribution is -2.45. The molecule has 2 fully saturated rings. The van der Waals surface area contributed by atoms with Gasteiger partial charge >= 0.3 is 0 Å². The van der Waals surface area contributed by atoms with Gasteiger partial charge in [-0.1, -0.05) is 84.9 Å². The van der Waals surface area contributed by atoms with Crippen LogP contribution in [0.4, 0.5) is 0 Å². The number of carbonyl (C=O) groups is 2. The van der Waals surface area contributed by atoms with E-state index < -0.39 is 29.6 Å². The molecule has 0 aromatic heterocycles. The van der Waals surface area contributed by atoms with Crippen LogP contribution in [0.1, 0.15) is 54.0 Å². The van der Waals surface area contributed by atoms with Crippen LogP contribution in [0.2, 0.25) is 0 Å². The summed E-state index contributed by atoms with van der Waals surface area (Å²) >= 11 is 0. The molecule has 0 bridgehead atoms. The molecule has 5 atom stereocenters. The SMILES string of the molecule is O=C(N[C@H]1c2ccccc2C[C@H]1O)[C@H](Cc1ccccc1)C[C@H](O)CN1C(=O)C2(CCOCC2)C[C@@H]1Cc1ccccc1. The molecule has 3 aromatic carbocycles. The zero-order valence-electron chi connectivity index (χ0n) is 24.6. The number of β-amino-alcohol motifs (C(OH)–C–C–N with tert-alkyl or cyclic N) is 1. The Morgan fingerprint density at radius 1 is 0.953 bits per heavy atom. The van der Waals surface area contributed by atoms with E-state index in [1.807, 2.05) is 77.7 Å². The molecule has 0 unspecified atom stereocenters. The largest absolute Gasteiger partial charge is 0.391 e. The predicted octanol–water partition coefficient (Wildman–Crippen LogP) is 4.01. The molecule has 6 rings (SSSR count). The summed E-state index contributed by atoms with van der Waals surface area (Å²) in [6.45, 7) is 1.34. The van der Waals surface area contributed by atoms with Crippen molar-refractivity contribution in [3.8, 4) is 0 Å². The zero-order chi connectivity index (χ0) is 29.8. The summed E-state index contributed by atoms with van der Waals surface area (Å²) in [5.74, 6) is -0.622. The third-order valence-corrected chi connectivity index (χ3v) is 9.71. The van der Waals surface area contributed by atoms with E-state index in [1.54, 1.807) is 0 Å². The molecule has 3 N–H and O–H groups in total. The topological polar surface area (TPSA) is 99.1 Å².